The fourth-order valence-corrected chi connectivity index (χ4v) is 4.32. The Kier molecular flexibility index (Phi) is 5.14. The first-order chi connectivity index (χ1) is 12.0. The maximum Gasteiger partial charge on any atom is 0.244 e. The van der Waals surface area contributed by atoms with Crippen molar-refractivity contribution in [2.45, 2.75) is 31.2 Å². The minimum atomic E-state index is -3.54. The molecular formula is C16H21N5O3S. The summed E-state index contributed by atoms with van der Waals surface area (Å²) in [6.45, 7) is 2.99. The van der Waals surface area contributed by atoms with E-state index in [0.29, 0.717) is 32.5 Å². The van der Waals surface area contributed by atoms with Crippen LogP contribution >= 0.6 is 0 Å². The van der Waals surface area contributed by atoms with Crippen molar-refractivity contribution in [2.24, 2.45) is 5.92 Å². The number of aryl methyl sites for hydroxylation is 1. The van der Waals surface area contributed by atoms with Crippen LogP contribution in [0, 0.1) is 12.8 Å². The highest BCUT2D eigenvalue weighted by molar-refractivity contribution is 7.89. The van der Waals surface area contributed by atoms with E-state index in [4.69, 9.17) is 0 Å². The summed E-state index contributed by atoms with van der Waals surface area (Å²) in [6, 6.07) is 3.14. The number of aromatic amines is 1. The first-order valence-electron chi connectivity index (χ1n) is 8.15. The van der Waals surface area contributed by atoms with Crippen LogP contribution in [0.3, 0.4) is 0 Å². The summed E-state index contributed by atoms with van der Waals surface area (Å²) in [5.74, 6) is -0.216. The molecule has 134 valence electrons. The topological polar surface area (TPSA) is 108 Å². The van der Waals surface area contributed by atoms with Gasteiger partial charge in [-0.15, -0.1) is 0 Å². The van der Waals surface area contributed by atoms with Crippen molar-refractivity contribution in [3.8, 4) is 0 Å². The molecule has 0 radical (unpaired) electrons. The molecule has 3 rings (SSSR count). The highest BCUT2D eigenvalue weighted by Gasteiger charge is 2.32. The second-order valence-corrected chi connectivity index (χ2v) is 8.04. The minimum Gasteiger partial charge on any atom is -0.352 e. The average molecular weight is 363 g/mol. The van der Waals surface area contributed by atoms with Gasteiger partial charge in [0.05, 0.1) is 6.20 Å². The standard InChI is InChI=1S/C16H21N5O3S/c1-12-14(10-19-20-12)9-18-16(22)13-4-7-21(8-5-13)25(23,24)15-3-2-6-17-11-15/h2-3,6,10-11,13H,4-5,7-9H2,1H3,(H,18,22)(H,19,20). The predicted octanol–water partition coefficient (Wildman–Crippen LogP) is 0.830. The smallest absolute Gasteiger partial charge is 0.244 e. The first kappa shape index (κ1) is 17.6. The van der Waals surface area contributed by atoms with Crippen molar-refractivity contribution < 1.29 is 13.2 Å². The van der Waals surface area contributed by atoms with Crippen molar-refractivity contribution in [1.82, 2.24) is 24.8 Å². The third-order valence-corrected chi connectivity index (χ3v) is 6.37. The van der Waals surface area contributed by atoms with Crippen molar-refractivity contribution in [1.29, 1.82) is 0 Å². The number of sulfonamides is 1. The summed E-state index contributed by atoms with van der Waals surface area (Å²) in [4.78, 5) is 16.4. The molecule has 0 aromatic carbocycles. The zero-order chi connectivity index (χ0) is 17.9. The summed E-state index contributed by atoms with van der Waals surface area (Å²) in [6.07, 6.45) is 5.60. The van der Waals surface area contributed by atoms with Gasteiger partial charge in [-0.05, 0) is 31.9 Å². The normalized spacial score (nSPS) is 16.7. The van der Waals surface area contributed by atoms with Crippen LogP contribution < -0.4 is 5.32 Å². The van der Waals surface area contributed by atoms with E-state index < -0.39 is 10.0 Å². The first-order valence-corrected chi connectivity index (χ1v) is 9.59. The van der Waals surface area contributed by atoms with Crippen LogP contribution in [0.25, 0.3) is 0 Å². The van der Waals surface area contributed by atoms with Crippen molar-refractivity contribution in [3.63, 3.8) is 0 Å². The van der Waals surface area contributed by atoms with Crippen LogP contribution in [0.1, 0.15) is 24.1 Å². The maximum atomic E-state index is 12.6. The third-order valence-electron chi connectivity index (χ3n) is 4.48. The average Bonchev–Trinajstić information content (AvgIpc) is 3.05. The van der Waals surface area contributed by atoms with E-state index in [2.05, 4.69) is 20.5 Å². The molecule has 9 heteroatoms. The Labute approximate surface area is 146 Å². The Hall–Kier alpha value is -2.26. The fraction of sp³-hybridized carbons (Fsp3) is 0.438. The van der Waals surface area contributed by atoms with E-state index in [1.54, 1.807) is 12.3 Å². The van der Waals surface area contributed by atoms with Gasteiger partial charge in [-0.2, -0.15) is 9.40 Å². The van der Waals surface area contributed by atoms with Gasteiger partial charge < -0.3 is 5.32 Å². The van der Waals surface area contributed by atoms with E-state index in [1.165, 1.54) is 22.8 Å². The lowest BCUT2D eigenvalue weighted by Gasteiger charge is -2.30. The summed E-state index contributed by atoms with van der Waals surface area (Å²) in [5.41, 5.74) is 1.88. The Morgan fingerprint density at radius 3 is 2.72 bits per heavy atom. The van der Waals surface area contributed by atoms with Gasteiger partial charge in [0.1, 0.15) is 4.90 Å². The van der Waals surface area contributed by atoms with Gasteiger partial charge in [0.2, 0.25) is 15.9 Å². The molecule has 3 heterocycles. The molecule has 2 aromatic heterocycles. The lowest BCUT2D eigenvalue weighted by molar-refractivity contribution is -0.126. The number of H-pyrrole nitrogens is 1. The number of carbonyl (C=O) groups excluding carboxylic acids is 1. The summed E-state index contributed by atoms with van der Waals surface area (Å²) < 4.78 is 26.5. The predicted molar refractivity (Wildman–Crippen MR) is 90.9 cm³/mol. The second kappa shape index (κ2) is 7.32. The monoisotopic (exact) mass is 363 g/mol. The lowest BCUT2D eigenvalue weighted by atomic mass is 9.97. The summed E-state index contributed by atoms with van der Waals surface area (Å²) in [5, 5.41) is 9.66. The van der Waals surface area contributed by atoms with E-state index in [9.17, 15) is 13.2 Å². The molecule has 1 aliphatic rings. The Morgan fingerprint density at radius 1 is 1.36 bits per heavy atom. The van der Waals surface area contributed by atoms with Gasteiger partial charge in [0, 0.05) is 49.2 Å². The number of nitrogens with zero attached hydrogens (tertiary/aromatic N) is 3. The van der Waals surface area contributed by atoms with E-state index in [0.717, 1.165) is 11.3 Å². The number of carbonyl (C=O) groups is 1. The molecule has 0 aliphatic carbocycles. The highest BCUT2D eigenvalue weighted by atomic mass is 32.2. The van der Waals surface area contributed by atoms with Gasteiger partial charge in [-0.25, -0.2) is 8.42 Å². The Bertz CT molecular complexity index is 826. The molecule has 2 aromatic rings. The van der Waals surface area contributed by atoms with Crippen LogP contribution in [0.5, 0.6) is 0 Å². The van der Waals surface area contributed by atoms with Crippen molar-refractivity contribution in [3.05, 3.63) is 42.0 Å². The fourth-order valence-electron chi connectivity index (χ4n) is 2.89. The van der Waals surface area contributed by atoms with Crippen LogP contribution in [-0.2, 0) is 21.4 Å². The summed E-state index contributed by atoms with van der Waals surface area (Å²) >= 11 is 0. The summed E-state index contributed by atoms with van der Waals surface area (Å²) in [7, 11) is -3.54. The van der Waals surface area contributed by atoms with Crippen molar-refractivity contribution >= 4 is 15.9 Å². The molecule has 0 saturated carbocycles. The van der Waals surface area contributed by atoms with Gasteiger partial charge in [-0.3, -0.25) is 14.9 Å². The van der Waals surface area contributed by atoms with Gasteiger partial charge in [0.15, 0.2) is 0 Å². The van der Waals surface area contributed by atoms with Crippen LogP contribution in [-0.4, -0.2) is 46.9 Å². The zero-order valence-corrected chi connectivity index (χ0v) is 14.8. The lowest BCUT2D eigenvalue weighted by Crippen LogP contribution is -2.42. The molecule has 0 spiro atoms. The third kappa shape index (κ3) is 3.88. The number of piperidine rings is 1. The molecule has 0 bridgehead atoms. The van der Waals surface area contributed by atoms with Gasteiger partial charge in [0.25, 0.3) is 0 Å². The number of rotatable bonds is 5. The number of amides is 1. The second-order valence-electron chi connectivity index (χ2n) is 6.11. The van der Waals surface area contributed by atoms with E-state index in [-0.39, 0.29) is 16.7 Å². The SMILES string of the molecule is Cc1[nH]ncc1CNC(=O)C1CCN(S(=O)(=O)c2cccnc2)CC1. The number of hydrogen-bond acceptors (Lipinski definition) is 5. The van der Waals surface area contributed by atoms with Crippen molar-refractivity contribution in [2.75, 3.05) is 13.1 Å². The number of nitrogens with one attached hydrogen (secondary N) is 2. The molecule has 25 heavy (non-hydrogen) atoms. The van der Waals surface area contributed by atoms with Crippen LogP contribution in [0.4, 0.5) is 0 Å². The highest BCUT2D eigenvalue weighted by Crippen LogP contribution is 2.23. The number of pyridine rings is 1. The molecule has 1 fully saturated rings. The Balaban J connectivity index is 1.55. The molecule has 1 aliphatic heterocycles. The largest absolute Gasteiger partial charge is 0.352 e. The zero-order valence-electron chi connectivity index (χ0n) is 14.0. The molecule has 2 N–H and O–H groups in total. The van der Waals surface area contributed by atoms with Gasteiger partial charge in [-0.1, -0.05) is 0 Å². The molecule has 1 saturated heterocycles. The quantitative estimate of drug-likeness (QED) is 0.818. The number of aromatic nitrogens is 3. The molecular weight excluding hydrogens is 342 g/mol. The number of hydrogen-bond donors (Lipinski definition) is 2. The molecule has 0 unspecified atom stereocenters. The van der Waals surface area contributed by atoms with E-state index >= 15 is 0 Å². The molecule has 0 atom stereocenters. The van der Waals surface area contributed by atoms with Gasteiger partial charge >= 0.3 is 0 Å². The molecule has 1 amide bonds. The van der Waals surface area contributed by atoms with Crippen LogP contribution in [0.15, 0.2) is 35.6 Å². The van der Waals surface area contributed by atoms with Crippen LogP contribution in [0.2, 0.25) is 0 Å². The van der Waals surface area contributed by atoms with E-state index in [1.807, 2.05) is 6.92 Å². The maximum absolute atomic E-state index is 12.6. The minimum absolute atomic E-state index is 0.0426. The Morgan fingerprint density at radius 2 is 2.12 bits per heavy atom. The molecule has 8 nitrogen and oxygen atoms in total.